The number of esters is 1. The van der Waals surface area contributed by atoms with Gasteiger partial charge in [0.15, 0.2) is 11.5 Å². The van der Waals surface area contributed by atoms with E-state index in [0.717, 1.165) is 12.1 Å². The van der Waals surface area contributed by atoms with Crippen LogP contribution < -0.4 is 0 Å². The lowest BCUT2D eigenvalue weighted by molar-refractivity contribution is -0.143. The van der Waals surface area contributed by atoms with Crippen LogP contribution in [0.5, 0.6) is 5.75 Å². The van der Waals surface area contributed by atoms with E-state index in [9.17, 15) is 33.1 Å². The van der Waals surface area contributed by atoms with Crippen molar-refractivity contribution in [2.24, 2.45) is 0 Å². The van der Waals surface area contributed by atoms with E-state index in [1.165, 1.54) is 24.3 Å². The standard InChI is InChI=1S/C23H17F3N2O4/c1-2-32-20(30)10-9-19(29)21-22(31)17(12-27)16-8-5-14(11-18(16)28-21)13-3-6-15(7-4-13)23(24,25)26/h3-8,11,31H,2,9-10H2,1H3. The maximum Gasteiger partial charge on any atom is 0.416 e. The smallest absolute Gasteiger partial charge is 0.416 e. The molecule has 32 heavy (non-hydrogen) atoms. The Balaban J connectivity index is 2.01. The Morgan fingerprint density at radius 2 is 1.75 bits per heavy atom. The van der Waals surface area contributed by atoms with E-state index in [2.05, 4.69) is 4.98 Å². The van der Waals surface area contributed by atoms with Gasteiger partial charge in [-0.25, -0.2) is 4.98 Å². The van der Waals surface area contributed by atoms with Crippen molar-refractivity contribution in [1.29, 1.82) is 5.26 Å². The Bertz CT molecular complexity index is 1230. The maximum atomic E-state index is 12.8. The summed E-state index contributed by atoms with van der Waals surface area (Å²) in [6.45, 7) is 1.79. The molecule has 1 heterocycles. The van der Waals surface area contributed by atoms with E-state index in [1.54, 1.807) is 13.0 Å². The molecule has 0 aliphatic carbocycles. The molecule has 0 spiro atoms. The lowest BCUT2D eigenvalue weighted by Gasteiger charge is -2.11. The third-order valence-electron chi connectivity index (χ3n) is 4.74. The number of aromatic nitrogens is 1. The number of alkyl halides is 3. The summed E-state index contributed by atoms with van der Waals surface area (Å²) in [6.07, 6.45) is -4.94. The summed E-state index contributed by atoms with van der Waals surface area (Å²) in [5.41, 5.74) is -0.111. The molecule has 1 N–H and O–H groups in total. The number of nitrogens with zero attached hydrogens (tertiary/aromatic N) is 2. The van der Waals surface area contributed by atoms with E-state index < -0.39 is 29.2 Å². The first-order valence-electron chi connectivity index (χ1n) is 9.59. The number of carbonyl (C=O) groups excluding carboxylic acids is 2. The van der Waals surface area contributed by atoms with Gasteiger partial charge in [0.1, 0.15) is 17.3 Å². The lowest BCUT2D eigenvalue weighted by Crippen LogP contribution is -2.10. The van der Waals surface area contributed by atoms with Gasteiger partial charge in [0.05, 0.1) is 24.1 Å². The van der Waals surface area contributed by atoms with Gasteiger partial charge in [-0.3, -0.25) is 9.59 Å². The number of ether oxygens (including phenoxy) is 1. The average Bonchev–Trinajstić information content (AvgIpc) is 2.76. The number of ketones is 1. The molecule has 0 bridgehead atoms. The molecule has 0 aliphatic rings. The van der Waals surface area contributed by atoms with E-state index in [0.29, 0.717) is 11.1 Å². The topological polar surface area (TPSA) is 100 Å². The summed E-state index contributed by atoms with van der Waals surface area (Å²) < 4.78 is 43.2. The highest BCUT2D eigenvalue weighted by molar-refractivity contribution is 6.03. The number of benzene rings is 2. The Kier molecular flexibility index (Phi) is 6.44. The highest BCUT2D eigenvalue weighted by Crippen LogP contribution is 2.34. The van der Waals surface area contributed by atoms with Gasteiger partial charge in [-0.1, -0.05) is 24.3 Å². The van der Waals surface area contributed by atoms with Crippen molar-refractivity contribution >= 4 is 22.7 Å². The summed E-state index contributed by atoms with van der Waals surface area (Å²) in [5, 5.41) is 20.1. The van der Waals surface area contributed by atoms with Crippen molar-refractivity contribution < 1.29 is 32.6 Å². The minimum Gasteiger partial charge on any atom is -0.504 e. The molecule has 2 aromatic carbocycles. The van der Waals surface area contributed by atoms with Crippen LogP contribution in [0.1, 0.15) is 41.4 Å². The summed E-state index contributed by atoms with van der Waals surface area (Å²) in [5.74, 6) is -1.81. The van der Waals surface area contributed by atoms with E-state index >= 15 is 0 Å². The van der Waals surface area contributed by atoms with Crippen LogP contribution in [0.15, 0.2) is 42.5 Å². The average molecular weight is 442 g/mol. The Labute approximate surface area is 180 Å². The van der Waals surface area contributed by atoms with Crippen LogP contribution in [0.4, 0.5) is 13.2 Å². The predicted molar refractivity (Wildman–Crippen MR) is 109 cm³/mol. The van der Waals surface area contributed by atoms with Crippen molar-refractivity contribution in [1.82, 2.24) is 4.98 Å². The van der Waals surface area contributed by atoms with Gasteiger partial charge in [0, 0.05) is 11.8 Å². The van der Waals surface area contributed by atoms with Gasteiger partial charge >= 0.3 is 12.1 Å². The van der Waals surface area contributed by atoms with Gasteiger partial charge in [-0.15, -0.1) is 0 Å². The molecule has 3 aromatic rings. The second-order valence-corrected chi connectivity index (χ2v) is 6.83. The number of nitriles is 1. The van der Waals surface area contributed by atoms with Crippen LogP contribution >= 0.6 is 0 Å². The van der Waals surface area contributed by atoms with Crippen molar-refractivity contribution in [2.75, 3.05) is 6.61 Å². The number of rotatable bonds is 6. The number of hydrogen-bond acceptors (Lipinski definition) is 6. The molecule has 0 atom stereocenters. The molecule has 3 rings (SSSR count). The van der Waals surface area contributed by atoms with Crippen LogP contribution in [-0.4, -0.2) is 28.4 Å². The van der Waals surface area contributed by atoms with Gasteiger partial charge in [0.2, 0.25) is 0 Å². The molecule has 0 amide bonds. The zero-order valence-electron chi connectivity index (χ0n) is 16.9. The van der Waals surface area contributed by atoms with Crippen molar-refractivity contribution in [3.63, 3.8) is 0 Å². The minimum atomic E-state index is -4.46. The molecule has 0 saturated heterocycles. The molecule has 6 nitrogen and oxygen atoms in total. The fraction of sp³-hybridized carbons (Fsp3) is 0.217. The first-order chi connectivity index (χ1) is 15.2. The summed E-state index contributed by atoms with van der Waals surface area (Å²) in [4.78, 5) is 28.2. The first kappa shape index (κ1) is 22.7. The highest BCUT2D eigenvalue weighted by Gasteiger charge is 2.30. The largest absolute Gasteiger partial charge is 0.504 e. The fourth-order valence-electron chi connectivity index (χ4n) is 3.16. The molecule has 164 valence electrons. The molecule has 0 unspecified atom stereocenters. The minimum absolute atomic E-state index is 0.159. The molecule has 0 fully saturated rings. The zero-order valence-corrected chi connectivity index (χ0v) is 16.9. The van der Waals surface area contributed by atoms with E-state index in [4.69, 9.17) is 4.74 Å². The molecule has 9 heteroatoms. The second-order valence-electron chi connectivity index (χ2n) is 6.83. The predicted octanol–water partition coefficient (Wildman–Crippen LogP) is 5.02. The normalized spacial score (nSPS) is 11.2. The fourth-order valence-corrected chi connectivity index (χ4v) is 3.16. The van der Waals surface area contributed by atoms with E-state index in [-0.39, 0.29) is 41.6 Å². The third kappa shape index (κ3) is 4.70. The molecular weight excluding hydrogens is 425 g/mol. The summed E-state index contributed by atoms with van der Waals surface area (Å²) in [7, 11) is 0. The summed E-state index contributed by atoms with van der Waals surface area (Å²) in [6, 6.07) is 11.0. The maximum absolute atomic E-state index is 12.8. The van der Waals surface area contributed by atoms with Gasteiger partial charge in [-0.2, -0.15) is 18.4 Å². The van der Waals surface area contributed by atoms with Crippen molar-refractivity contribution in [2.45, 2.75) is 25.9 Å². The number of fused-ring (bicyclic) bond motifs is 1. The van der Waals surface area contributed by atoms with Gasteiger partial charge < -0.3 is 9.84 Å². The molecule has 0 aliphatic heterocycles. The number of pyridine rings is 1. The third-order valence-corrected chi connectivity index (χ3v) is 4.74. The lowest BCUT2D eigenvalue weighted by atomic mass is 9.99. The Morgan fingerprint density at radius 1 is 1.09 bits per heavy atom. The number of aromatic hydroxyl groups is 1. The molecule has 1 aromatic heterocycles. The monoisotopic (exact) mass is 442 g/mol. The highest BCUT2D eigenvalue weighted by atomic mass is 19.4. The van der Waals surface area contributed by atoms with Crippen LogP contribution in [0.3, 0.4) is 0 Å². The summed E-state index contributed by atoms with van der Waals surface area (Å²) >= 11 is 0. The molecular formula is C23H17F3N2O4. The van der Waals surface area contributed by atoms with Crippen LogP contribution in [0.2, 0.25) is 0 Å². The van der Waals surface area contributed by atoms with Crippen molar-refractivity contribution in [3.8, 4) is 22.9 Å². The molecule has 0 radical (unpaired) electrons. The Morgan fingerprint density at radius 3 is 2.34 bits per heavy atom. The van der Waals surface area contributed by atoms with E-state index in [1.807, 2.05) is 6.07 Å². The van der Waals surface area contributed by atoms with Crippen LogP contribution in [0.25, 0.3) is 22.0 Å². The Hall–Kier alpha value is -3.93. The van der Waals surface area contributed by atoms with Gasteiger partial charge in [-0.05, 0) is 36.2 Å². The SMILES string of the molecule is CCOC(=O)CCC(=O)c1nc2cc(-c3ccc(C(F)(F)F)cc3)ccc2c(C#N)c1O. The second kappa shape index (κ2) is 9.06. The van der Waals surface area contributed by atoms with Crippen LogP contribution in [0, 0.1) is 11.3 Å². The quantitative estimate of drug-likeness (QED) is 0.425. The molecule has 0 saturated carbocycles. The number of Topliss-reactive ketones (excluding diaryl/α,β-unsaturated/α-hetero) is 1. The van der Waals surface area contributed by atoms with Crippen molar-refractivity contribution in [3.05, 3.63) is 59.3 Å². The van der Waals surface area contributed by atoms with Crippen LogP contribution in [-0.2, 0) is 15.7 Å². The number of carbonyl (C=O) groups is 2. The van der Waals surface area contributed by atoms with Gasteiger partial charge in [0.25, 0.3) is 0 Å². The number of hydrogen-bond donors (Lipinski definition) is 1. The zero-order chi connectivity index (χ0) is 23.5. The number of halogens is 3. The first-order valence-corrected chi connectivity index (χ1v) is 9.59.